The van der Waals surface area contributed by atoms with Gasteiger partial charge in [-0.25, -0.2) is 8.78 Å². The number of carbonyl (C=O) groups is 2. The third kappa shape index (κ3) is 6.33. The number of halogens is 3. The molecular weight excluding hydrogens is 538 g/mol. The number of hydrogen-bond acceptors (Lipinski definition) is 5. The van der Waals surface area contributed by atoms with Crippen LogP contribution in [0.2, 0.25) is 0 Å². The van der Waals surface area contributed by atoms with Crippen LogP contribution < -0.4 is 5.32 Å². The summed E-state index contributed by atoms with van der Waals surface area (Å²) in [6, 6.07) is 3.52. The smallest absolute Gasteiger partial charge is 0.256 e. The van der Waals surface area contributed by atoms with Gasteiger partial charge >= 0.3 is 0 Å². The monoisotopic (exact) mass is 566 g/mol. The lowest BCUT2D eigenvalue weighted by Gasteiger charge is -2.36. The molecule has 2 amide bonds. The molecule has 1 N–H and O–H groups in total. The van der Waals surface area contributed by atoms with Crippen molar-refractivity contribution in [1.82, 2.24) is 9.80 Å². The van der Waals surface area contributed by atoms with Crippen LogP contribution in [0.5, 0.6) is 0 Å². The lowest BCUT2D eigenvalue weighted by atomic mass is 9.99. The second-order valence-electron chi connectivity index (χ2n) is 9.30. The van der Waals surface area contributed by atoms with Crippen LogP contribution >= 0.6 is 28.6 Å². The molecule has 35 heavy (non-hydrogen) atoms. The van der Waals surface area contributed by atoms with E-state index in [9.17, 15) is 18.4 Å². The second kappa shape index (κ2) is 10.8. The van der Waals surface area contributed by atoms with Crippen molar-refractivity contribution in [1.29, 1.82) is 0 Å². The molecule has 188 valence electrons. The lowest BCUT2D eigenvalue weighted by molar-refractivity contribution is -0.133. The molecule has 2 atom stereocenters. The van der Waals surface area contributed by atoms with Gasteiger partial charge in [0.25, 0.3) is 11.8 Å². The molecule has 6 nitrogen and oxygen atoms in total. The topological polar surface area (TPSA) is 65.0 Å². The maximum absolute atomic E-state index is 13.6. The van der Waals surface area contributed by atoms with Gasteiger partial charge < -0.3 is 15.1 Å². The predicted octanol–water partition coefficient (Wildman–Crippen LogP) is 5.05. The van der Waals surface area contributed by atoms with E-state index in [2.05, 4.69) is 38.9 Å². The molecule has 3 aliphatic rings. The van der Waals surface area contributed by atoms with Gasteiger partial charge in [0, 0.05) is 66.9 Å². The molecule has 0 radical (unpaired) electrons. The summed E-state index contributed by atoms with van der Waals surface area (Å²) >= 11 is 7.85. The fourth-order valence-electron chi connectivity index (χ4n) is 4.73. The van der Waals surface area contributed by atoms with Crippen LogP contribution in [0.1, 0.15) is 41.6 Å². The molecule has 0 aromatic heterocycles. The molecule has 3 aliphatic heterocycles. The number of anilines is 1. The number of aryl methyl sites for hydroxylation is 1. The Morgan fingerprint density at radius 3 is 2.69 bits per heavy atom. The zero-order chi connectivity index (χ0) is 25.2. The van der Waals surface area contributed by atoms with Crippen LogP contribution in [0.15, 0.2) is 44.9 Å². The number of allylic oxidation sites excluding steroid dienone is 1. The Morgan fingerprint density at radius 2 is 1.94 bits per heavy atom. The van der Waals surface area contributed by atoms with Gasteiger partial charge in [0.2, 0.25) is 5.91 Å². The SMILES string of the molecule is Cc1cc(S)cc(C(=O)N2CCC(F)(F)CC2)c1N[C@@H]1CCCN(C(=O)C2C=CN=CC(Br)=C2)C1. The van der Waals surface area contributed by atoms with E-state index >= 15 is 0 Å². The van der Waals surface area contributed by atoms with Crippen molar-refractivity contribution in [2.45, 2.75) is 49.5 Å². The molecule has 0 saturated carbocycles. The molecular formula is C25H29BrF2N4O2S. The number of carbonyl (C=O) groups excluding carboxylic acids is 2. The summed E-state index contributed by atoms with van der Waals surface area (Å²) in [6.45, 7) is 3.10. The number of alkyl halides is 2. The van der Waals surface area contributed by atoms with Crippen LogP contribution in [0, 0.1) is 12.8 Å². The van der Waals surface area contributed by atoms with Gasteiger partial charge in [-0.3, -0.25) is 14.6 Å². The average Bonchev–Trinajstić information content (AvgIpc) is 3.04. The van der Waals surface area contributed by atoms with Crippen molar-refractivity contribution < 1.29 is 18.4 Å². The molecule has 0 aliphatic carbocycles. The number of nitrogens with one attached hydrogen (secondary N) is 1. The maximum atomic E-state index is 13.6. The fraction of sp³-hybridized carbons (Fsp3) is 0.480. The first-order chi connectivity index (χ1) is 16.6. The average molecular weight is 568 g/mol. The van der Waals surface area contributed by atoms with Crippen molar-refractivity contribution in [3.05, 3.63) is 46.1 Å². The first-order valence-electron chi connectivity index (χ1n) is 11.8. The van der Waals surface area contributed by atoms with E-state index in [0.29, 0.717) is 29.2 Å². The number of aliphatic imine (C=N–C) groups is 1. The summed E-state index contributed by atoms with van der Waals surface area (Å²) in [5.41, 5.74) is 1.96. The highest BCUT2D eigenvalue weighted by molar-refractivity contribution is 9.12. The van der Waals surface area contributed by atoms with E-state index in [1.54, 1.807) is 24.6 Å². The Hall–Kier alpha value is -2.20. The summed E-state index contributed by atoms with van der Waals surface area (Å²) < 4.78 is 28.0. The highest BCUT2D eigenvalue weighted by Gasteiger charge is 2.36. The van der Waals surface area contributed by atoms with E-state index in [1.807, 2.05) is 24.0 Å². The van der Waals surface area contributed by atoms with E-state index < -0.39 is 11.8 Å². The Morgan fingerprint density at radius 1 is 1.20 bits per heavy atom. The van der Waals surface area contributed by atoms with Gasteiger partial charge in [-0.1, -0.05) is 6.08 Å². The number of benzene rings is 1. The number of piperidine rings is 2. The largest absolute Gasteiger partial charge is 0.380 e. The molecule has 0 bridgehead atoms. The highest BCUT2D eigenvalue weighted by atomic mass is 79.9. The van der Waals surface area contributed by atoms with Gasteiger partial charge in [0.1, 0.15) is 0 Å². The normalized spacial score (nSPS) is 24.1. The number of rotatable bonds is 4. The van der Waals surface area contributed by atoms with Gasteiger partial charge in [-0.15, -0.1) is 12.6 Å². The molecule has 2 fully saturated rings. The summed E-state index contributed by atoms with van der Waals surface area (Å²) in [6.07, 6.45) is 7.91. The quantitative estimate of drug-likeness (QED) is 0.501. The van der Waals surface area contributed by atoms with E-state index in [-0.39, 0.29) is 43.8 Å². The second-order valence-corrected chi connectivity index (χ2v) is 10.7. The molecule has 4 rings (SSSR count). The third-order valence-electron chi connectivity index (χ3n) is 6.62. The zero-order valence-electron chi connectivity index (χ0n) is 19.5. The molecule has 1 unspecified atom stereocenters. The van der Waals surface area contributed by atoms with Crippen LogP contribution in [-0.2, 0) is 4.79 Å². The standard InChI is InChI=1S/C25H29BrF2N4O2S/c1-16-11-20(35)13-21(24(34)31-9-5-25(27,28)6-10-31)22(16)30-19-3-2-8-32(15-19)23(33)17-4-7-29-14-18(26)12-17/h4,7,11-14,17,19,30,35H,2-3,5-6,8-10,15H2,1H3/t17?,19-/m1/s1. The van der Waals surface area contributed by atoms with Gasteiger partial charge in [-0.2, -0.15) is 0 Å². The maximum Gasteiger partial charge on any atom is 0.256 e. The molecule has 1 aromatic carbocycles. The molecule has 1 aromatic rings. The van der Waals surface area contributed by atoms with Gasteiger partial charge in [0.15, 0.2) is 0 Å². The fourth-order valence-corrected chi connectivity index (χ4v) is 5.45. The number of likely N-dealkylation sites (tertiary alicyclic amines) is 2. The predicted molar refractivity (Wildman–Crippen MR) is 140 cm³/mol. The van der Waals surface area contributed by atoms with E-state index in [4.69, 9.17) is 0 Å². The number of nitrogens with zero attached hydrogens (tertiary/aromatic N) is 3. The lowest BCUT2D eigenvalue weighted by Crippen LogP contribution is -2.47. The zero-order valence-corrected chi connectivity index (χ0v) is 22.0. The van der Waals surface area contributed by atoms with Crippen molar-refractivity contribution in [2.24, 2.45) is 10.9 Å². The van der Waals surface area contributed by atoms with Gasteiger partial charge in [0.05, 0.1) is 17.2 Å². The van der Waals surface area contributed by atoms with Crippen LogP contribution in [0.25, 0.3) is 0 Å². The minimum absolute atomic E-state index is 0.00294. The summed E-state index contributed by atoms with van der Waals surface area (Å²) in [5, 5.41) is 3.50. The van der Waals surface area contributed by atoms with Crippen LogP contribution in [0.3, 0.4) is 0 Å². The number of thiol groups is 1. The Bertz CT molecular complexity index is 1080. The van der Waals surface area contributed by atoms with Crippen molar-refractivity contribution in [2.75, 3.05) is 31.5 Å². The summed E-state index contributed by atoms with van der Waals surface area (Å²) in [7, 11) is 0. The first kappa shape index (κ1) is 25.9. The molecule has 0 spiro atoms. The Labute approximate surface area is 218 Å². The Balaban J connectivity index is 1.50. The van der Waals surface area contributed by atoms with Crippen LogP contribution in [-0.4, -0.2) is 66.0 Å². The van der Waals surface area contributed by atoms with Crippen LogP contribution in [0.4, 0.5) is 14.5 Å². The van der Waals surface area contributed by atoms with E-state index in [1.165, 1.54) is 4.90 Å². The number of hydrogen-bond donors (Lipinski definition) is 2. The summed E-state index contributed by atoms with van der Waals surface area (Å²) in [4.78, 5) is 34.6. The minimum atomic E-state index is -2.72. The number of amides is 2. The van der Waals surface area contributed by atoms with Gasteiger partial charge in [-0.05, 0) is 59.5 Å². The molecule has 10 heteroatoms. The van der Waals surface area contributed by atoms with E-state index in [0.717, 1.165) is 22.9 Å². The first-order valence-corrected chi connectivity index (χ1v) is 13.0. The van der Waals surface area contributed by atoms with Crippen molar-refractivity contribution in [3.8, 4) is 0 Å². The highest BCUT2D eigenvalue weighted by Crippen LogP contribution is 2.32. The van der Waals surface area contributed by atoms with Crippen molar-refractivity contribution in [3.63, 3.8) is 0 Å². The Kier molecular flexibility index (Phi) is 8.00. The molecule has 2 saturated heterocycles. The third-order valence-corrected chi connectivity index (χ3v) is 7.34. The molecule has 3 heterocycles. The van der Waals surface area contributed by atoms with Crippen molar-refractivity contribution >= 4 is 52.3 Å². The minimum Gasteiger partial charge on any atom is -0.380 e. The summed E-state index contributed by atoms with van der Waals surface area (Å²) in [5.74, 6) is -3.39.